The molecule has 1 fully saturated rings. The molecule has 0 radical (unpaired) electrons. The van der Waals surface area contributed by atoms with E-state index in [4.69, 9.17) is 0 Å². The van der Waals surface area contributed by atoms with E-state index in [-0.39, 0.29) is 11.8 Å². The van der Waals surface area contributed by atoms with Crippen LogP contribution in [0.15, 0.2) is 42.5 Å². The third-order valence-corrected chi connectivity index (χ3v) is 4.64. The largest absolute Gasteiger partial charge is 0.356 e. The molecule has 3 rings (SSSR count). The maximum absolute atomic E-state index is 12.2. The van der Waals surface area contributed by atoms with Crippen LogP contribution in [0.3, 0.4) is 0 Å². The fourth-order valence-corrected chi connectivity index (χ4v) is 3.17. The van der Waals surface area contributed by atoms with Crippen LogP contribution in [0.1, 0.15) is 29.6 Å². The van der Waals surface area contributed by atoms with Gasteiger partial charge in [-0.15, -0.1) is 0 Å². The number of carbonyl (C=O) groups excluding carboxylic acids is 2. The van der Waals surface area contributed by atoms with E-state index in [0.717, 1.165) is 30.3 Å². The average Bonchev–Trinajstić information content (AvgIpc) is 2.66. The van der Waals surface area contributed by atoms with Gasteiger partial charge >= 0.3 is 0 Å². The molecule has 5 nitrogen and oxygen atoms in total. The number of amides is 2. The maximum atomic E-state index is 12.2. The van der Waals surface area contributed by atoms with Crippen molar-refractivity contribution in [3.05, 3.63) is 48.0 Å². The van der Waals surface area contributed by atoms with E-state index in [9.17, 15) is 9.59 Å². The summed E-state index contributed by atoms with van der Waals surface area (Å²) < 4.78 is 0. The van der Waals surface area contributed by atoms with E-state index < -0.39 is 0 Å². The van der Waals surface area contributed by atoms with Gasteiger partial charge in [0.15, 0.2) is 0 Å². The Hall–Kier alpha value is -2.40. The Morgan fingerprint density at radius 2 is 1.92 bits per heavy atom. The SMILES string of the molecule is O=C(CCNC(=O)c1ccc2ccccc2c1)NCC1CCCNC1. The molecule has 2 amide bonds. The summed E-state index contributed by atoms with van der Waals surface area (Å²) in [5.41, 5.74) is 0.618. The average molecular weight is 339 g/mol. The van der Waals surface area contributed by atoms with E-state index in [1.54, 1.807) is 0 Å². The molecule has 1 heterocycles. The molecular formula is C20H25N3O2. The van der Waals surface area contributed by atoms with Crippen LogP contribution < -0.4 is 16.0 Å². The highest BCUT2D eigenvalue weighted by molar-refractivity contribution is 5.98. The Morgan fingerprint density at radius 1 is 1.08 bits per heavy atom. The van der Waals surface area contributed by atoms with Crippen LogP contribution in [0, 0.1) is 5.92 Å². The first kappa shape index (κ1) is 17.4. The molecule has 0 spiro atoms. The fourth-order valence-electron chi connectivity index (χ4n) is 3.17. The Labute approximate surface area is 148 Å². The van der Waals surface area contributed by atoms with E-state index in [1.807, 2.05) is 42.5 Å². The van der Waals surface area contributed by atoms with Gasteiger partial charge in [-0.1, -0.05) is 30.3 Å². The molecule has 1 saturated heterocycles. The number of nitrogens with one attached hydrogen (secondary N) is 3. The van der Waals surface area contributed by atoms with Crippen molar-refractivity contribution < 1.29 is 9.59 Å². The number of benzene rings is 2. The van der Waals surface area contributed by atoms with Crippen LogP contribution in [0.5, 0.6) is 0 Å². The van der Waals surface area contributed by atoms with Crippen LogP contribution in [0.25, 0.3) is 10.8 Å². The van der Waals surface area contributed by atoms with Crippen LogP contribution in [0.2, 0.25) is 0 Å². The lowest BCUT2D eigenvalue weighted by Crippen LogP contribution is -2.39. The van der Waals surface area contributed by atoms with Crippen LogP contribution in [0.4, 0.5) is 0 Å². The summed E-state index contributed by atoms with van der Waals surface area (Å²) in [7, 11) is 0. The number of hydrogen-bond donors (Lipinski definition) is 3. The first-order valence-electron chi connectivity index (χ1n) is 8.97. The number of fused-ring (bicyclic) bond motifs is 1. The minimum Gasteiger partial charge on any atom is -0.356 e. The van der Waals surface area contributed by atoms with Crippen molar-refractivity contribution in [1.82, 2.24) is 16.0 Å². The molecule has 5 heteroatoms. The Balaban J connectivity index is 1.41. The molecule has 2 aromatic rings. The van der Waals surface area contributed by atoms with Gasteiger partial charge in [-0.05, 0) is 54.8 Å². The van der Waals surface area contributed by atoms with Crippen molar-refractivity contribution in [2.75, 3.05) is 26.2 Å². The van der Waals surface area contributed by atoms with Gasteiger partial charge in [-0.2, -0.15) is 0 Å². The second kappa shape index (κ2) is 8.62. The lowest BCUT2D eigenvalue weighted by Gasteiger charge is -2.22. The molecule has 2 aromatic carbocycles. The molecule has 1 atom stereocenters. The summed E-state index contributed by atoms with van der Waals surface area (Å²) in [6.07, 6.45) is 2.63. The Morgan fingerprint density at radius 3 is 2.72 bits per heavy atom. The smallest absolute Gasteiger partial charge is 0.251 e. The van der Waals surface area contributed by atoms with Gasteiger partial charge in [0.2, 0.25) is 5.91 Å². The van der Waals surface area contributed by atoms with Gasteiger partial charge in [0, 0.05) is 25.1 Å². The van der Waals surface area contributed by atoms with Crippen LogP contribution >= 0.6 is 0 Å². The predicted octanol–water partition coefficient (Wildman–Crippen LogP) is 2.08. The quantitative estimate of drug-likeness (QED) is 0.755. The summed E-state index contributed by atoms with van der Waals surface area (Å²) in [4.78, 5) is 24.1. The second-order valence-electron chi connectivity index (χ2n) is 6.58. The van der Waals surface area contributed by atoms with Crippen molar-refractivity contribution in [2.24, 2.45) is 5.92 Å². The summed E-state index contributed by atoms with van der Waals surface area (Å²) in [5.74, 6) is 0.365. The summed E-state index contributed by atoms with van der Waals surface area (Å²) >= 11 is 0. The zero-order valence-corrected chi connectivity index (χ0v) is 14.4. The van der Waals surface area contributed by atoms with Gasteiger partial charge in [-0.25, -0.2) is 0 Å². The first-order chi connectivity index (χ1) is 12.2. The van der Waals surface area contributed by atoms with Crippen molar-refractivity contribution in [3.8, 4) is 0 Å². The zero-order valence-electron chi connectivity index (χ0n) is 14.4. The molecular weight excluding hydrogens is 314 g/mol. The van der Waals surface area contributed by atoms with Gasteiger partial charge < -0.3 is 16.0 Å². The lowest BCUT2D eigenvalue weighted by atomic mass is 10.00. The summed E-state index contributed by atoms with van der Waals surface area (Å²) in [6, 6.07) is 13.6. The monoisotopic (exact) mass is 339 g/mol. The highest BCUT2D eigenvalue weighted by Crippen LogP contribution is 2.15. The second-order valence-corrected chi connectivity index (χ2v) is 6.58. The Kier molecular flexibility index (Phi) is 6.01. The standard InChI is InChI=1S/C20H25N3O2/c24-19(23-14-15-4-3-10-21-13-15)9-11-22-20(25)18-8-7-16-5-1-2-6-17(16)12-18/h1-2,5-8,12,15,21H,3-4,9-11,13-14H2,(H,22,25)(H,23,24). The highest BCUT2D eigenvalue weighted by Gasteiger charge is 2.14. The normalized spacial score (nSPS) is 17.2. The summed E-state index contributed by atoms with van der Waals surface area (Å²) in [6.45, 7) is 3.11. The third kappa shape index (κ3) is 5.03. The maximum Gasteiger partial charge on any atom is 0.251 e. The lowest BCUT2D eigenvalue weighted by molar-refractivity contribution is -0.121. The van der Waals surface area contributed by atoms with E-state index in [0.29, 0.717) is 31.0 Å². The summed E-state index contributed by atoms with van der Waals surface area (Å²) in [5, 5.41) is 11.3. The van der Waals surface area contributed by atoms with Crippen LogP contribution in [-0.2, 0) is 4.79 Å². The molecule has 0 aliphatic carbocycles. The number of piperidine rings is 1. The van der Waals surface area contributed by atoms with E-state index in [1.165, 1.54) is 6.42 Å². The fraction of sp³-hybridized carbons (Fsp3) is 0.400. The van der Waals surface area contributed by atoms with Gasteiger partial charge in [0.25, 0.3) is 5.91 Å². The van der Waals surface area contributed by atoms with Gasteiger partial charge in [0.05, 0.1) is 0 Å². The minimum absolute atomic E-state index is 0.00983. The Bertz CT molecular complexity index is 739. The third-order valence-electron chi connectivity index (χ3n) is 4.64. The van der Waals surface area contributed by atoms with Gasteiger partial charge in [0.1, 0.15) is 0 Å². The molecule has 25 heavy (non-hydrogen) atoms. The molecule has 0 aromatic heterocycles. The van der Waals surface area contributed by atoms with E-state index in [2.05, 4.69) is 16.0 Å². The number of hydrogen-bond acceptors (Lipinski definition) is 3. The molecule has 0 saturated carbocycles. The molecule has 3 N–H and O–H groups in total. The number of rotatable bonds is 6. The molecule has 0 bridgehead atoms. The number of carbonyl (C=O) groups is 2. The minimum atomic E-state index is -0.143. The predicted molar refractivity (Wildman–Crippen MR) is 99.5 cm³/mol. The molecule has 1 unspecified atom stereocenters. The van der Waals surface area contributed by atoms with Crippen molar-refractivity contribution >= 4 is 22.6 Å². The topological polar surface area (TPSA) is 70.2 Å². The van der Waals surface area contributed by atoms with Gasteiger partial charge in [-0.3, -0.25) is 9.59 Å². The first-order valence-corrected chi connectivity index (χ1v) is 8.97. The molecule has 1 aliphatic heterocycles. The van der Waals surface area contributed by atoms with Crippen molar-refractivity contribution in [3.63, 3.8) is 0 Å². The zero-order chi connectivity index (χ0) is 17.5. The molecule has 1 aliphatic rings. The van der Waals surface area contributed by atoms with E-state index >= 15 is 0 Å². The van der Waals surface area contributed by atoms with Crippen LogP contribution in [-0.4, -0.2) is 38.0 Å². The van der Waals surface area contributed by atoms with Crippen molar-refractivity contribution in [2.45, 2.75) is 19.3 Å². The highest BCUT2D eigenvalue weighted by atomic mass is 16.2. The molecule has 132 valence electrons. The van der Waals surface area contributed by atoms with Crippen molar-refractivity contribution in [1.29, 1.82) is 0 Å².